The molecule has 2 N–H and O–H groups in total. The summed E-state index contributed by atoms with van der Waals surface area (Å²) in [6.45, 7) is 5.10. The van der Waals surface area contributed by atoms with Gasteiger partial charge in [0.1, 0.15) is 17.1 Å². The van der Waals surface area contributed by atoms with E-state index < -0.39 is 17.2 Å². The molecular formula is C18H21F2NO3. The average molecular weight is 337 g/mol. The second-order valence-corrected chi connectivity index (χ2v) is 6.09. The van der Waals surface area contributed by atoms with Crippen molar-refractivity contribution in [2.75, 3.05) is 6.54 Å². The summed E-state index contributed by atoms with van der Waals surface area (Å²) in [7, 11) is 0. The summed E-state index contributed by atoms with van der Waals surface area (Å²) in [6, 6.07) is 5.61. The maximum Gasteiger partial charge on any atom is 0.220 e. The number of rotatable bonds is 6. The molecule has 0 radical (unpaired) electrons. The first-order chi connectivity index (χ1) is 11.2. The molecule has 130 valence electrons. The van der Waals surface area contributed by atoms with E-state index in [0.717, 1.165) is 6.07 Å². The molecule has 0 aliphatic carbocycles. The highest BCUT2D eigenvalue weighted by molar-refractivity contribution is 5.76. The Kier molecular flexibility index (Phi) is 5.39. The van der Waals surface area contributed by atoms with Gasteiger partial charge in [0.2, 0.25) is 5.91 Å². The molecule has 24 heavy (non-hydrogen) atoms. The monoisotopic (exact) mass is 337 g/mol. The minimum absolute atomic E-state index is 0.000149. The maximum absolute atomic E-state index is 13.5. The van der Waals surface area contributed by atoms with Crippen molar-refractivity contribution < 1.29 is 23.1 Å². The number of halogens is 2. The molecule has 0 aliphatic heterocycles. The molecule has 0 saturated heterocycles. The van der Waals surface area contributed by atoms with Crippen LogP contribution >= 0.6 is 0 Å². The first-order valence-corrected chi connectivity index (χ1v) is 7.70. The molecule has 0 bridgehead atoms. The van der Waals surface area contributed by atoms with E-state index in [9.17, 15) is 18.7 Å². The average Bonchev–Trinajstić information content (AvgIpc) is 2.86. The first-order valence-electron chi connectivity index (χ1n) is 7.70. The van der Waals surface area contributed by atoms with Gasteiger partial charge >= 0.3 is 0 Å². The lowest BCUT2D eigenvalue weighted by molar-refractivity contribution is -0.122. The molecule has 2 rings (SSSR count). The summed E-state index contributed by atoms with van der Waals surface area (Å²) in [5, 5.41) is 13.1. The Bertz CT molecular complexity index is 738. The lowest BCUT2D eigenvalue weighted by Crippen LogP contribution is -2.38. The summed E-state index contributed by atoms with van der Waals surface area (Å²) in [4.78, 5) is 11.9. The molecule has 1 amide bonds. The summed E-state index contributed by atoms with van der Waals surface area (Å²) < 4.78 is 32.0. The number of carbonyl (C=O) groups is 1. The quantitative estimate of drug-likeness (QED) is 0.851. The summed E-state index contributed by atoms with van der Waals surface area (Å²) in [6.07, 6.45) is 0.0846. The second-order valence-electron chi connectivity index (χ2n) is 6.09. The van der Waals surface area contributed by atoms with E-state index in [1.165, 1.54) is 12.1 Å². The number of carbonyl (C=O) groups excluding carboxylic acids is 1. The minimum atomic E-state index is -1.28. The van der Waals surface area contributed by atoms with Crippen molar-refractivity contribution in [2.24, 2.45) is 0 Å². The first kappa shape index (κ1) is 18.1. The normalized spacial score (nSPS) is 13.6. The van der Waals surface area contributed by atoms with Gasteiger partial charge in [-0.1, -0.05) is 12.1 Å². The molecule has 1 aromatic carbocycles. The van der Waals surface area contributed by atoms with Crippen molar-refractivity contribution in [3.63, 3.8) is 0 Å². The van der Waals surface area contributed by atoms with Gasteiger partial charge in [0.15, 0.2) is 11.6 Å². The molecule has 6 heteroatoms. The SMILES string of the molecule is Cc1cc(C(C)(O)CNC(=O)CCc2cccc(F)c2F)c(C)o1. The molecule has 0 fully saturated rings. The van der Waals surface area contributed by atoms with Gasteiger partial charge in [0.25, 0.3) is 0 Å². The van der Waals surface area contributed by atoms with Crippen LogP contribution in [0.3, 0.4) is 0 Å². The molecule has 4 nitrogen and oxygen atoms in total. The Morgan fingerprint density at radius 1 is 1.33 bits per heavy atom. The van der Waals surface area contributed by atoms with Crippen LogP contribution in [0.4, 0.5) is 8.78 Å². The van der Waals surface area contributed by atoms with Crippen molar-refractivity contribution in [3.05, 3.63) is 58.5 Å². The van der Waals surface area contributed by atoms with Crippen LogP contribution in [0.15, 0.2) is 28.7 Å². The predicted octanol–water partition coefficient (Wildman–Crippen LogP) is 3.13. The standard InChI is InChI=1S/C18H21F2NO3/c1-11-9-14(12(2)24-11)18(3,23)10-21-16(22)8-7-13-5-4-6-15(19)17(13)20/h4-6,9,23H,7-8,10H2,1-3H3,(H,21,22). The van der Waals surface area contributed by atoms with E-state index in [1.54, 1.807) is 26.8 Å². The molecule has 1 aromatic heterocycles. The Hall–Kier alpha value is -2.21. The number of benzene rings is 1. The Morgan fingerprint density at radius 3 is 2.67 bits per heavy atom. The summed E-state index contributed by atoms with van der Waals surface area (Å²) in [5.74, 6) is -0.940. The van der Waals surface area contributed by atoms with Crippen LogP contribution in [0.25, 0.3) is 0 Å². The predicted molar refractivity (Wildman–Crippen MR) is 85.4 cm³/mol. The smallest absolute Gasteiger partial charge is 0.220 e. The van der Waals surface area contributed by atoms with E-state index in [4.69, 9.17) is 4.42 Å². The zero-order valence-corrected chi connectivity index (χ0v) is 14.0. The zero-order chi connectivity index (χ0) is 17.9. The Balaban J connectivity index is 1.91. The lowest BCUT2D eigenvalue weighted by Gasteiger charge is -2.23. The van der Waals surface area contributed by atoms with Gasteiger partial charge < -0.3 is 14.8 Å². The lowest BCUT2D eigenvalue weighted by atomic mass is 9.96. The van der Waals surface area contributed by atoms with Gasteiger partial charge in [-0.05, 0) is 44.9 Å². The number of hydrogen-bond acceptors (Lipinski definition) is 3. The highest BCUT2D eigenvalue weighted by Crippen LogP contribution is 2.26. The van der Waals surface area contributed by atoms with Crippen LogP contribution in [0.1, 0.15) is 36.0 Å². The van der Waals surface area contributed by atoms with E-state index in [-0.39, 0.29) is 30.9 Å². The fraction of sp³-hybridized carbons (Fsp3) is 0.389. The van der Waals surface area contributed by atoms with Crippen molar-refractivity contribution in [3.8, 4) is 0 Å². The molecule has 1 heterocycles. The van der Waals surface area contributed by atoms with E-state index in [0.29, 0.717) is 17.1 Å². The second kappa shape index (κ2) is 7.13. The molecule has 1 atom stereocenters. The minimum Gasteiger partial charge on any atom is -0.466 e. The maximum atomic E-state index is 13.5. The number of nitrogens with one attached hydrogen (secondary N) is 1. The van der Waals surface area contributed by atoms with Gasteiger partial charge in [-0.15, -0.1) is 0 Å². The number of hydrogen-bond donors (Lipinski definition) is 2. The van der Waals surface area contributed by atoms with Crippen molar-refractivity contribution in [1.29, 1.82) is 0 Å². The number of furan rings is 1. The van der Waals surface area contributed by atoms with E-state index >= 15 is 0 Å². The van der Waals surface area contributed by atoms with Crippen LogP contribution in [0.5, 0.6) is 0 Å². The van der Waals surface area contributed by atoms with Gasteiger partial charge in [0, 0.05) is 12.0 Å². The number of amides is 1. The van der Waals surface area contributed by atoms with E-state index in [1.807, 2.05) is 0 Å². The van der Waals surface area contributed by atoms with Gasteiger partial charge in [-0.25, -0.2) is 8.78 Å². The van der Waals surface area contributed by atoms with Crippen LogP contribution in [-0.4, -0.2) is 17.6 Å². The van der Waals surface area contributed by atoms with Crippen LogP contribution in [-0.2, 0) is 16.8 Å². The largest absolute Gasteiger partial charge is 0.466 e. The Labute approximate surface area is 139 Å². The molecule has 1 unspecified atom stereocenters. The fourth-order valence-electron chi connectivity index (χ4n) is 2.61. The van der Waals surface area contributed by atoms with Crippen LogP contribution < -0.4 is 5.32 Å². The number of aryl methyl sites for hydroxylation is 3. The van der Waals surface area contributed by atoms with Crippen molar-refractivity contribution in [1.82, 2.24) is 5.32 Å². The summed E-state index contributed by atoms with van der Waals surface area (Å²) in [5.41, 5.74) is -0.517. The van der Waals surface area contributed by atoms with Gasteiger partial charge in [-0.3, -0.25) is 4.79 Å². The third-order valence-corrected chi connectivity index (χ3v) is 3.90. The van der Waals surface area contributed by atoms with Crippen molar-refractivity contribution >= 4 is 5.91 Å². The molecular weight excluding hydrogens is 316 g/mol. The summed E-state index contributed by atoms with van der Waals surface area (Å²) >= 11 is 0. The van der Waals surface area contributed by atoms with Gasteiger partial charge in [0.05, 0.1) is 6.54 Å². The highest BCUT2D eigenvalue weighted by Gasteiger charge is 2.28. The third-order valence-electron chi connectivity index (χ3n) is 3.90. The molecule has 0 spiro atoms. The number of aliphatic hydroxyl groups is 1. The van der Waals surface area contributed by atoms with Crippen LogP contribution in [0.2, 0.25) is 0 Å². The fourth-order valence-corrected chi connectivity index (χ4v) is 2.61. The molecule has 2 aromatic rings. The Morgan fingerprint density at radius 2 is 2.04 bits per heavy atom. The third kappa shape index (κ3) is 4.20. The van der Waals surface area contributed by atoms with Crippen molar-refractivity contribution in [2.45, 2.75) is 39.2 Å². The molecule has 0 saturated carbocycles. The molecule has 0 aliphatic rings. The zero-order valence-electron chi connectivity index (χ0n) is 14.0. The van der Waals surface area contributed by atoms with E-state index in [2.05, 4.69) is 5.32 Å². The van der Waals surface area contributed by atoms with Gasteiger partial charge in [-0.2, -0.15) is 0 Å². The topological polar surface area (TPSA) is 62.5 Å². The van der Waals surface area contributed by atoms with Crippen LogP contribution in [0, 0.1) is 25.5 Å². The highest BCUT2D eigenvalue weighted by atomic mass is 19.2.